The van der Waals surface area contributed by atoms with Crippen LogP contribution in [0, 0.1) is 0 Å². The molecule has 0 atom stereocenters. The Bertz CT molecular complexity index is 312. The van der Waals surface area contributed by atoms with E-state index in [1.165, 1.54) is 31.2 Å². The molecule has 3 nitrogen and oxygen atoms in total. The third-order valence-electron chi connectivity index (χ3n) is 2.24. The van der Waals surface area contributed by atoms with Crippen molar-refractivity contribution >= 4 is 0 Å². The Balaban J connectivity index is 0.000000212. The van der Waals surface area contributed by atoms with Crippen LogP contribution in [0.25, 0.3) is 0 Å². The van der Waals surface area contributed by atoms with E-state index in [2.05, 4.69) is 52.7 Å². The molecule has 2 rings (SSSR count). The summed E-state index contributed by atoms with van der Waals surface area (Å²) < 4.78 is 0. The zero-order chi connectivity index (χ0) is 11.5. The Morgan fingerprint density at radius 2 is 1.69 bits per heavy atom. The molecule has 0 aliphatic rings. The van der Waals surface area contributed by atoms with E-state index in [1.54, 1.807) is 12.4 Å². The van der Waals surface area contributed by atoms with Gasteiger partial charge in [0.2, 0.25) is 0 Å². The van der Waals surface area contributed by atoms with Gasteiger partial charge in [-0.2, -0.15) is 15.4 Å². The fourth-order valence-electron chi connectivity index (χ4n) is 1.39. The van der Waals surface area contributed by atoms with Gasteiger partial charge in [0.05, 0.1) is 12.4 Å². The summed E-state index contributed by atoms with van der Waals surface area (Å²) in [5.41, 5.74) is 1.47. The number of hydrogen-bond acceptors (Lipinski definition) is 2. The van der Waals surface area contributed by atoms with Gasteiger partial charge in [-0.05, 0) is 18.4 Å². The molecular formula is C13H19N3. The lowest BCUT2D eigenvalue weighted by molar-refractivity contribution is 0.717. The largest absolute Gasteiger partial charge is 0.198 e. The van der Waals surface area contributed by atoms with E-state index in [-0.39, 0.29) is 0 Å². The summed E-state index contributed by atoms with van der Waals surface area (Å²) in [5, 5.41) is 9.33. The molecule has 2 aromatic rings. The van der Waals surface area contributed by atoms with Gasteiger partial charge in [0.25, 0.3) is 0 Å². The first-order chi connectivity index (χ1) is 7.93. The molecule has 0 aliphatic heterocycles. The molecule has 1 aromatic carbocycles. The van der Waals surface area contributed by atoms with Crippen molar-refractivity contribution in [3.8, 4) is 0 Å². The number of unbranched alkanes of at least 4 members (excludes halogenated alkanes) is 2. The monoisotopic (exact) mass is 217 g/mol. The van der Waals surface area contributed by atoms with Gasteiger partial charge >= 0.3 is 0 Å². The highest BCUT2D eigenvalue weighted by atomic mass is 15.3. The molecule has 16 heavy (non-hydrogen) atoms. The van der Waals surface area contributed by atoms with Crippen LogP contribution in [0.4, 0.5) is 0 Å². The summed E-state index contributed by atoms with van der Waals surface area (Å²) in [4.78, 5) is 0. The molecule has 0 saturated heterocycles. The average molecular weight is 217 g/mol. The minimum atomic E-state index is 1.24. The summed E-state index contributed by atoms with van der Waals surface area (Å²) in [6.45, 7) is 2.24. The number of aromatic amines is 1. The lowest BCUT2D eigenvalue weighted by Gasteiger charge is -1.98. The van der Waals surface area contributed by atoms with Crippen LogP contribution >= 0.6 is 0 Å². The van der Waals surface area contributed by atoms with Gasteiger partial charge in [-0.25, -0.2) is 0 Å². The topological polar surface area (TPSA) is 41.6 Å². The molecule has 1 aromatic heterocycles. The highest BCUT2D eigenvalue weighted by Gasteiger charge is 1.89. The van der Waals surface area contributed by atoms with Crippen molar-refractivity contribution in [3.63, 3.8) is 0 Å². The number of H-pyrrole nitrogens is 1. The number of nitrogens with one attached hydrogen (secondary N) is 1. The first-order valence-corrected chi connectivity index (χ1v) is 5.77. The summed E-state index contributed by atoms with van der Waals surface area (Å²) in [7, 11) is 0. The van der Waals surface area contributed by atoms with E-state index in [4.69, 9.17) is 0 Å². The molecule has 1 heterocycles. The maximum Gasteiger partial charge on any atom is 0.0690 e. The van der Waals surface area contributed by atoms with E-state index in [1.807, 2.05) is 0 Å². The van der Waals surface area contributed by atoms with E-state index < -0.39 is 0 Å². The molecule has 86 valence electrons. The predicted octanol–water partition coefficient (Wildman–Crippen LogP) is 3.22. The fraction of sp³-hybridized carbons (Fsp3) is 0.385. The second kappa shape index (κ2) is 8.65. The Kier molecular flexibility index (Phi) is 6.72. The molecule has 0 saturated carbocycles. The van der Waals surface area contributed by atoms with Crippen LogP contribution in [0.5, 0.6) is 0 Å². The SMILES string of the molecule is CCCCCc1ccccc1.c1cn[nH]n1. The van der Waals surface area contributed by atoms with E-state index in [0.29, 0.717) is 0 Å². The van der Waals surface area contributed by atoms with Gasteiger partial charge in [0, 0.05) is 0 Å². The predicted molar refractivity (Wildman–Crippen MR) is 66.1 cm³/mol. The quantitative estimate of drug-likeness (QED) is 0.799. The molecule has 0 bridgehead atoms. The Hall–Kier alpha value is -1.64. The molecular weight excluding hydrogens is 198 g/mol. The molecule has 0 radical (unpaired) electrons. The van der Waals surface area contributed by atoms with E-state index in [0.717, 1.165) is 0 Å². The van der Waals surface area contributed by atoms with Crippen LogP contribution in [0.2, 0.25) is 0 Å². The number of aromatic nitrogens is 3. The van der Waals surface area contributed by atoms with Gasteiger partial charge in [-0.3, -0.25) is 0 Å². The average Bonchev–Trinajstić information content (AvgIpc) is 2.90. The number of nitrogens with zero attached hydrogens (tertiary/aromatic N) is 2. The minimum Gasteiger partial charge on any atom is -0.198 e. The number of aryl methyl sites for hydroxylation is 1. The zero-order valence-corrected chi connectivity index (χ0v) is 9.76. The van der Waals surface area contributed by atoms with Gasteiger partial charge in [-0.15, -0.1) is 0 Å². The van der Waals surface area contributed by atoms with Gasteiger partial charge in [0.1, 0.15) is 0 Å². The van der Waals surface area contributed by atoms with Crippen LogP contribution < -0.4 is 0 Å². The van der Waals surface area contributed by atoms with Gasteiger partial charge in [0.15, 0.2) is 0 Å². The van der Waals surface area contributed by atoms with Crippen molar-refractivity contribution in [1.29, 1.82) is 0 Å². The molecule has 0 aliphatic carbocycles. The highest BCUT2D eigenvalue weighted by molar-refractivity contribution is 5.14. The molecule has 0 fully saturated rings. The maximum atomic E-state index is 3.49. The van der Waals surface area contributed by atoms with Crippen molar-refractivity contribution in [1.82, 2.24) is 15.4 Å². The van der Waals surface area contributed by atoms with Crippen LogP contribution in [-0.4, -0.2) is 15.4 Å². The van der Waals surface area contributed by atoms with Crippen molar-refractivity contribution < 1.29 is 0 Å². The molecule has 0 amide bonds. The molecule has 3 heteroatoms. The smallest absolute Gasteiger partial charge is 0.0690 e. The van der Waals surface area contributed by atoms with Crippen LogP contribution in [0.1, 0.15) is 31.7 Å². The van der Waals surface area contributed by atoms with Crippen LogP contribution in [0.3, 0.4) is 0 Å². The van der Waals surface area contributed by atoms with E-state index >= 15 is 0 Å². The summed E-state index contributed by atoms with van der Waals surface area (Å²) in [5.74, 6) is 0. The Labute approximate surface area is 96.9 Å². The minimum absolute atomic E-state index is 1.24. The summed E-state index contributed by atoms with van der Waals surface area (Å²) >= 11 is 0. The molecule has 0 unspecified atom stereocenters. The number of hydrogen-bond donors (Lipinski definition) is 1. The number of benzene rings is 1. The third kappa shape index (κ3) is 5.96. The Morgan fingerprint density at radius 1 is 1.00 bits per heavy atom. The normalized spacial score (nSPS) is 9.31. The second-order valence-corrected chi connectivity index (χ2v) is 3.60. The lowest BCUT2D eigenvalue weighted by Crippen LogP contribution is -1.83. The van der Waals surface area contributed by atoms with E-state index in [9.17, 15) is 0 Å². The van der Waals surface area contributed by atoms with Crippen molar-refractivity contribution in [2.24, 2.45) is 0 Å². The maximum absolute atomic E-state index is 3.49. The highest BCUT2D eigenvalue weighted by Crippen LogP contribution is 2.05. The summed E-state index contributed by atoms with van der Waals surface area (Å²) in [6.07, 6.45) is 8.41. The molecule has 1 N–H and O–H groups in total. The lowest BCUT2D eigenvalue weighted by atomic mass is 10.1. The Morgan fingerprint density at radius 3 is 2.19 bits per heavy atom. The van der Waals surface area contributed by atoms with Crippen molar-refractivity contribution in [2.45, 2.75) is 32.6 Å². The van der Waals surface area contributed by atoms with Crippen LogP contribution in [-0.2, 0) is 6.42 Å². The third-order valence-corrected chi connectivity index (χ3v) is 2.24. The van der Waals surface area contributed by atoms with Crippen molar-refractivity contribution in [3.05, 3.63) is 48.3 Å². The van der Waals surface area contributed by atoms with Gasteiger partial charge in [-0.1, -0.05) is 50.1 Å². The van der Waals surface area contributed by atoms with Crippen LogP contribution in [0.15, 0.2) is 42.7 Å². The van der Waals surface area contributed by atoms with Crippen molar-refractivity contribution in [2.75, 3.05) is 0 Å². The molecule has 0 spiro atoms. The zero-order valence-electron chi connectivity index (χ0n) is 9.76. The fourth-order valence-corrected chi connectivity index (χ4v) is 1.39. The standard InChI is InChI=1S/C11H16.C2H3N3/c1-2-3-5-8-11-9-6-4-7-10-11;1-2-4-5-3-1/h4,6-7,9-10H,2-3,5,8H2,1H3;1-2H,(H,3,4,5). The van der Waals surface area contributed by atoms with Gasteiger partial charge < -0.3 is 0 Å². The first-order valence-electron chi connectivity index (χ1n) is 5.77. The second-order valence-electron chi connectivity index (χ2n) is 3.60. The summed E-state index contributed by atoms with van der Waals surface area (Å²) in [6, 6.07) is 10.7. The number of rotatable bonds is 4. The first kappa shape index (κ1) is 12.4.